The molecule has 6 nitrogen and oxygen atoms in total. The summed E-state index contributed by atoms with van der Waals surface area (Å²) < 4.78 is 0. The van der Waals surface area contributed by atoms with Gasteiger partial charge in [-0.3, -0.25) is 15.1 Å². The van der Waals surface area contributed by atoms with E-state index < -0.39 is 0 Å². The molecular weight excluding hydrogens is 440 g/mol. The number of hydrogen-bond donors (Lipinski definition) is 3. The first kappa shape index (κ1) is 20.6. The van der Waals surface area contributed by atoms with E-state index in [2.05, 4.69) is 93.7 Å². The fraction of sp³-hybridized carbons (Fsp3) is 0.148. The van der Waals surface area contributed by atoms with Crippen LogP contribution in [0.5, 0.6) is 0 Å². The van der Waals surface area contributed by atoms with Crippen molar-refractivity contribution in [2.75, 3.05) is 5.32 Å². The molecule has 0 aliphatic heterocycles. The number of fused-ring (bicyclic) bond motifs is 2. The molecule has 6 aromatic rings. The topological polar surface area (TPSA) is 82.3 Å². The van der Waals surface area contributed by atoms with Gasteiger partial charge in [0.25, 0.3) is 0 Å². The van der Waals surface area contributed by atoms with Crippen LogP contribution in [0.2, 0.25) is 0 Å². The van der Waals surface area contributed by atoms with Gasteiger partial charge in [0.15, 0.2) is 0 Å². The van der Waals surface area contributed by atoms with Crippen LogP contribution in [0.15, 0.2) is 67.1 Å². The van der Waals surface area contributed by atoms with Gasteiger partial charge in [0.1, 0.15) is 5.69 Å². The van der Waals surface area contributed by atoms with Crippen LogP contribution in [0.3, 0.4) is 0 Å². The van der Waals surface area contributed by atoms with Crippen molar-refractivity contribution in [3.05, 3.63) is 72.0 Å². The summed E-state index contributed by atoms with van der Waals surface area (Å²) in [6.07, 6.45) is 5.62. The Labute approximate surface area is 201 Å². The van der Waals surface area contributed by atoms with Crippen molar-refractivity contribution in [2.24, 2.45) is 0 Å². The Hall–Kier alpha value is -3.97. The molecule has 0 fully saturated rings. The summed E-state index contributed by atoms with van der Waals surface area (Å²) in [5.74, 6) is 0. The highest BCUT2D eigenvalue weighted by atomic mass is 32.1. The van der Waals surface area contributed by atoms with Crippen molar-refractivity contribution < 1.29 is 0 Å². The smallest absolute Gasteiger partial charge is 0.116 e. The Bertz CT molecular complexity index is 1640. The standard InChI is InChI=1S/C27H24N6S/c1-15(2)30-19-10-18(13-28-14-19)17-5-6-23-20(11-17)26(33-32-23)24-12-21-22(31-24)8-9-29-27(21)25-7-4-16(3)34-25/h4-15,30-31H,1-3H3,(H,32,33). The summed E-state index contributed by atoms with van der Waals surface area (Å²) >= 11 is 1.76. The van der Waals surface area contributed by atoms with Gasteiger partial charge < -0.3 is 10.3 Å². The van der Waals surface area contributed by atoms with Crippen LogP contribution in [-0.2, 0) is 0 Å². The molecule has 0 aliphatic rings. The van der Waals surface area contributed by atoms with Gasteiger partial charge in [0.2, 0.25) is 0 Å². The van der Waals surface area contributed by atoms with Gasteiger partial charge in [-0.15, -0.1) is 11.3 Å². The Morgan fingerprint density at radius 1 is 0.882 bits per heavy atom. The number of aryl methyl sites for hydroxylation is 1. The van der Waals surface area contributed by atoms with E-state index in [0.29, 0.717) is 6.04 Å². The fourth-order valence-electron chi connectivity index (χ4n) is 4.35. The molecule has 0 unspecified atom stereocenters. The zero-order valence-electron chi connectivity index (χ0n) is 19.2. The van der Waals surface area contributed by atoms with E-state index in [1.54, 1.807) is 11.3 Å². The molecule has 3 N–H and O–H groups in total. The van der Waals surface area contributed by atoms with E-state index in [-0.39, 0.29) is 0 Å². The zero-order chi connectivity index (χ0) is 23.2. The molecule has 6 rings (SSSR count). The maximum Gasteiger partial charge on any atom is 0.116 e. The number of hydrogen-bond acceptors (Lipinski definition) is 5. The Balaban J connectivity index is 1.45. The van der Waals surface area contributed by atoms with E-state index in [4.69, 9.17) is 0 Å². The maximum atomic E-state index is 4.68. The van der Waals surface area contributed by atoms with E-state index >= 15 is 0 Å². The number of anilines is 1. The molecule has 0 aliphatic carbocycles. The van der Waals surface area contributed by atoms with E-state index in [1.165, 1.54) is 9.75 Å². The predicted molar refractivity (Wildman–Crippen MR) is 141 cm³/mol. The Kier molecular flexibility index (Phi) is 4.92. The molecule has 0 saturated carbocycles. The van der Waals surface area contributed by atoms with Gasteiger partial charge in [-0.1, -0.05) is 6.07 Å². The number of pyridine rings is 2. The van der Waals surface area contributed by atoms with Crippen LogP contribution in [0.4, 0.5) is 5.69 Å². The van der Waals surface area contributed by atoms with Crippen LogP contribution in [0.25, 0.3) is 54.9 Å². The van der Waals surface area contributed by atoms with Crippen molar-refractivity contribution in [3.63, 3.8) is 0 Å². The molecule has 0 radical (unpaired) electrons. The van der Waals surface area contributed by atoms with Crippen LogP contribution in [0, 0.1) is 6.92 Å². The molecular formula is C27H24N6S. The second kappa shape index (κ2) is 8.11. The SMILES string of the molecule is Cc1ccc(-c2nccc3[nH]c(-c4n[nH]c5ccc(-c6cncc(NC(C)C)c6)cc45)cc23)s1. The number of aromatic nitrogens is 5. The summed E-state index contributed by atoms with van der Waals surface area (Å²) in [5, 5.41) is 13.4. The lowest BCUT2D eigenvalue weighted by atomic mass is 10.0. The lowest BCUT2D eigenvalue weighted by Gasteiger charge is -2.11. The molecule has 168 valence electrons. The van der Waals surface area contributed by atoms with Crippen molar-refractivity contribution in [2.45, 2.75) is 26.8 Å². The number of H-pyrrole nitrogens is 2. The molecule has 0 bridgehead atoms. The van der Waals surface area contributed by atoms with Crippen molar-refractivity contribution in [3.8, 4) is 33.1 Å². The van der Waals surface area contributed by atoms with E-state index in [9.17, 15) is 0 Å². The van der Waals surface area contributed by atoms with E-state index in [1.807, 2.05) is 24.7 Å². The number of nitrogens with one attached hydrogen (secondary N) is 3. The number of thiophene rings is 1. The number of nitrogens with zero attached hydrogens (tertiary/aromatic N) is 3. The van der Waals surface area contributed by atoms with Crippen LogP contribution >= 0.6 is 11.3 Å². The summed E-state index contributed by atoms with van der Waals surface area (Å²) in [4.78, 5) is 15.1. The second-order valence-corrected chi connectivity index (χ2v) is 10.1. The first-order valence-corrected chi connectivity index (χ1v) is 12.1. The van der Waals surface area contributed by atoms with Crippen LogP contribution < -0.4 is 5.32 Å². The largest absolute Gasteiger partial charge is 0.382 e. The molecule has 0 atom stereocenters. The summed E-state index contributed by atoms with van der Waals surface area (Å²) in [5.41, 5.74) is 8.08. The van der Waals surface area contributed by atoms with Crippen molar-refractivity contribution >= 4 is 38.8 Å². The van der Waals surface area contributed by atoms with Crippen LogP contribution in [-0.4, -0.2) is 31.2 Å². The second-order valence-electron chi connectivity index (χ2n) is 8.81. The molecule has 7 heteroatoms. The quantitative estimate of drug-likeness (QED) is 0.256. The van der Waals surface area contributed by atoms with Gasteiger partial charge in [0.05, 0.1) is 27.5 Å². The van der Waals surface area contributed by atoms with E-state index in [0.717, 1.165) is 55.7 Å². The third-order valence-electron chi connectivity index (χ3n) is 5.87. The average molecular weight is 465 g/mol. The number of rotatable bonds is 5. The van der Waals surface area contributed by atoms with Crippen molar-refractivity contribution in [1.29, 1.82) is 0 Å². The molecule has 0 spiro atoms. The first-order chi connectivity index (χ1) is 16.5. The van der Waals surface area contributed by atoms with Gasteiger partial charge >= 0.3 is 0 Å². The average Bonchev–Trinajstić information content (AvgIpc) is 3.55. The van der Waals surface area contributed by atoms with Crippen molar-refractivity contribution in [1.82, 2.24) is 25.1 Å². The highest BCUT2D eigenvalue weighted by Gasteiger charge is 2.15. The fourth-order valence-corrected chi connectivity index (χ4v) is 5.23. The van der Waals surface area contributed by atoms with Gasteiger partial charge in [0, 0.05) is 51.4 Å². The lowest BCUT2D eigenvalue weighted by molar-refractivity contribution is 0.898. The zero-order valence-corrected chi connectivity index (χ0v) is 20.0. The maximum absolute atomic E-state index is 4.68. The monoisotopic (exact) mass is 464 g/mol. The van der Waals surface area contributed by atoms with Gasteiger partial charge in [-0.25, -0.2) is 0 Å². The highest BCUT2D eigenvalue weighted by Crippen LogP contribution is 2.36. The highest BCUT2D eigenvalue weighted by molar-refractivity contribution is 7.15. The predicted octanol–water partition coefficient (Wildman–Crippen LogP) is 7.03. The Morgan fingerprint density at radius 2 is 1.76 bits per heavy atom. The summed E-state index contributed by atoms with van der Waals surface area (Å²) in [6, 6.07) is 17.3. The molecule has 0 amide bonds. The summed E-state index contributed by atoms with van der Waals surface area (Å²) in [7, 11) is 0. The summed E-state index contributed by atoms with van der Waals surface area (Å²) in [6.45, 7) is 6.36. The van der Waals surface area contributed by atoms with Gasteiger partial charge in [-0.05, 0) is 68.8 Å². The third kappa shape index (κ3) is 3.64. The lowest BCUT2D eigenvalue weighted by Crippen LogP contribution is -2.09. The van der Waals surface area contributed by atoms with Crippen LogP contribution in [0.1, 0.15) is 18.7 Å². The first-order valence-electron chi connectivity index (χ1n) is 11.3. The van der Waals surface area contributed by atoms with Gasteiger partial charge in [-0.2, -0.15) is 5.10 Å². The number of benzene rings is 1. The molecule has 0 saturated heterocycles. The molecule has 5 heterocycles. The Morgan fingerprint density at radius 3 is 2.59 bits per heavy atom. The minimum absolute atomic E-state index is 0.347. The number of aromatic amines is 2. The molecule has 34 heavy (non-hydrogen) atoms. The third-order valence-corrected chi connectivity index (χ3v) is 6.87. The minimum Gasteiger partial charge on any atom is -0.382 e. The normalized spacial score (nSPS) is 11.6. The minimum atomic E-state index is 0.347. The molecule has 1 aromatic carbocycles. The molecule has 5 aromatic heterocycles.